The summed E-state index contributed by atoms with van der Waals surface area (Å²) in [6.45, 7) is -0.251. The molecule has 2 amide bonds. The predicted octanol–water partition coefficient (Wildman–Crippen LogP) is 0.964. The monoisotopic (exact) mass is 346 g/mol. The molecular weight excluding hydrogens is 324 g/mol. The second kappa shape index (κ2) is 8.02. The van der Waals surface area contributed by atoms with Gasteiger partial charge in [-0.25, -0.2) is 0 Å². The third kappa shape index (κ3) is 4.51. The number of rotatable bonds is 6. The van der Waals surface area contributed by atoms with Gasteiger partial charge in [0.25, 0.3) is 0 Å². The van der Waals surface area contributed by atoms with E-state index in [0.717, 1.165) is 31.2 Å². The van der Waals surface area contributed by atoms with Gasteiger partial charge in [-0.15, -0.1) is 0 Å². The van der Waals surface area contributed by atoms with E-state index in [1.165, 1.54) is 6.08 Å². The van der Waals surface area contributed by atoms with Crippen LogP contribution >= 0.6 is 0 Å². The highest BCUT2D eigenvalue weighted by Crippen LogP contribution is 2.32. The molecule has 1 aromatic carbocycles. The number of carbonyl (C=O) groups excluding carboxylic acids is 2. The summed E-state index contributed by atoms with van der Waals surface area (Å²) in [5.74, 6) is 0.509. The van der Waals surface area contributed by atoms with Crippen LogP contribution in [0.5, 0.6) is 11.5 Å². The number of aliphatic hydroxyl groups excluding tert-OH is 1. The highest BCUT2D eigenvalue weighted by Gasteiger charge is 2.23. The third-order valence-corrected chi connectivity index (χ3v) is 4.34. The van der Waals surface area contributed by atoms with E-state index in [4.69, 9.17) is 9.47 Å². The first kappa shape index (κ1) is 17.3. The van der Waals surface area contributed by atoms with E-state index in [-0.39, 0.29) is 18.7 Å². The molecule has 134 valence electrons. The molecule has 3 rings (SSSR count). The highest BCUT2D eigenvalue weighted by molar-refractivity contribution is 5.95. The fourth-order valence-corrected chi connectivity index (χ4v) is 2.97. The van der Waals surface area contributed by atoms with Crippen molar-refractivity contribution in [2.75, 3.05) is 13.4 Å². The van der Waals surface area contributed by atoms with Gasteiger partial charge in [0.2, 0.25) is 18.6 Å². The Morgan fingerprint density at radius 1 is 1.24 bits per heavy atom. The second-order valence-electron chi connectivity index (χ2n) is 6.18. The van der Waals surface area contributed by atoms with E-state index in [9.17, 15) is 14.7 Å². The zero-order valence-corrected chi connectivity index (χ0v) is 13.9. The van der Waals surface area contributed by atoms with Gasteiger partial charge in [0.1, 0.15) is 6.04 Å². The van der Waals surface area contributed by atoms with Crippen LogP contribution in [0, 0.1) is 0 Å². The van der Waals surface area contributed by atoms with E-state index in [2.05, 4.69) is 10.6 Å². The standard InChI is InChI=1S/C18H22N2O5/c21-10-14(18(23)19-13-3-1-2-4-13)20-17(22)8-6-12-5-7-15-16(9-12)25-11-24-15/h5-9,13-14,21H,1-4,10-11H2,(H,19,23)(H,20,22)/t14-/m0/s1. The highest BCUT2D eigenvalue weighted by atomic mass is 16.7. The summed E-state index contributed by atoms with van der Waals surface area (Å²) < 4.78 is 10.5. The maximum Gasteiger partial charge on any atom is 0.245 e. The van der Waals surface area contributed by atoms with Gasteiger partial charge in [-0.3, -0.25) is 9.59 Å². The largest absolute Gasteiger partial charge is 0.454 e. The number of ether oxygens (including phenoxy) is 2. The molecule has 1 heterocycles. The smallest absolute Gasteiger partial charge is 0.245 e. The lowest BCUT2D eigenvalue weighted by Crippen LogP contribution is -2.50. The van der Waals surface area contributed by atoms with Gasteiger partial charge in [-0.1, -0.05) is 18.9 Å². The van der Waals surface area contributed by atoms with E-state index < -0.39 is 18.6 Å². The maximum atomic E-state index is 12.1. The Bertz CT molecular complexity index is 667. The van der Waals surface area contributed by atoms with Crippen molar-refractivity contribution in [3.05, 3.63) is 29.8 Å². The quantitative estimate of drug-likeness (QED) is 0.667. The zero-order chi connectivity index (χ0) is 17.6. The van der Waals surface area contributed by atoms with Gasteiger partial charge in [-0.05, 0) is 36.6 Å². The van der Waals surface area contributed by atoms with Crippen LogP contribution < -0.4 is 20.1 Å². The summed E-state index contributed by atoms with van der Waals surface area (Å²) in [6.07, 6.45) is 7.02. The summed E-state index contributed by atoms with van der Waals surface area (Å²) >= 11 is 0. The molecule has 1 aliphatic heterocycles. The number of hydrogen-bond acceptors (Lipinski definition) is 5. The molecule has 2 aliphatic rings. The lowest BCUT2D eigenvalue weighted by atomic mass is 10.2. The molecule has 1 aliphatic carbocycles. The summed E-state index contributed by atoms with van der Waals surface area (Å²) in [6, 6.07) is 4.53. The molecule has 1 saturated carbocycles. The number of benzene rings is 1. The van der Waals surface area contributed by atoms with Crippen LogP contribution in [-0.2, 0) is 9.59 Å². The van der Waals surface area contributed by atoms with Crippen LogP contribution in [0.1, 0.15) is 31.2 Å². The van der Waals surface area contributed by atoms with E-state index in [1.807, 2.05) is 0 Å². The van der Waals surface area contributed by atoms with Gasteiger partial charge >= 0.3 is 0 Å². The lowest BCUT2D eigenvalue weighted by Gasteiger charge is -2.18. The van der Waals surface area contributed by atoms with Crippen molar-refractivity contribution in [2.45, 2.75) is 37.8 Å². The minimum absolute atomic E-state index is 0.141. The first-order valence-electron chi connectivity index (χ1n) is 8.45. The van der Waals surface area contributed by atoms with Gasteiger partial charge in [-0.2, -0.15) is 0 Å². The number of amides is 2. The second-order valence-corrected chi connectivity index (χ2v) is 6.18. The molecule has 1 fully saturated rings. The molecule has 3 N–H and O–H groups in total. The van der Waals surface area contributed by atoms with Crippen LogP contribution in [0.25, 0.3) is 6.08 Å². The molecule has 1 atom stereocenters. The van der Waals surface area contributed by atoms with E-state index in [0.29, 0.717) is 11.5 Å². The number of nitrogens with one attached hydrogen (secondary N) is 2. The Hall–Kier alpha value is -2.54. The Morgan fingerprint density at radius 3 is 2.76 bits per heavy atom. The van der Waals surface area contributed by atoms with Crippen LogP contribution in [0.15, 0.2) is 24.3 Å². The Kier molecular flexibility index (Phi) is 5.55. The fraction of sp³-hybridized carbons (Fsp3) is 0.444. The average Bonchev–Trinajstić information content (AvgIpc) is 3.28. The van der Waals surface area contributed by atoms with E-state index in [1.54, 1.807) is 24.3 Å². The van der Waals surface area contributed by atoms with Crippen molar-refractivity contribution in [1.82, 2.24) is 10.6 Å². The van der Waals surface area contributed by atoms with Crippen molar-refractivity contribution in [3.8, 4) is 11.5 Å². The molecule has 7 heteroatoms. The van der Waals surface area contributed by atoms with Crippen LogP contribution in [-0.4, -0.2) is 42.4 Å². The number of carbonyl (C=O) groups is 2. The van der Waals surface area contributed by atoms with Gasteiger partial charge in [0, 0.05) is 12.1 Å². The lowest BCUT2D eigenvalue weighted by molar-refractivity contribution is -0.128. The third-order valence-electron chi connectivity index (χ3n) is 4.34. The van der Waals surface area contributed by atoms with Gasteiger partial charge < -0.3 is 25.2 Å². The molecule has 0 unspecified atom stereocenters. The maximum absolute atomic E-state index is 12.1. The minimum Gasteiger partial charge on any atom is -0.454 e. The molecule has 0 spiro atoms. The summed E-state index contributed by atoms with van der Waals surface area (Å²) in [4.78, 5) is 24.1. The van der Waals surface area contributed by atoms with Gasteiger partial charge in [0.05, 0.1) is 6.61 Å². The first-order chi connectivity index (χ1) is 12.2. The molecule has 1 aromatic rings. The summed E-state index contributed by atoms with van der Waals surface area (Å²) in [5, 5.41) is 14.8. The topological polar surface area (TPSA) is 96.9 Å². The summed E-state index contributed by atoms with van der Waals surface area (Å²) in [7, 11) is 0. The number of aliphatic hydroxyl groups is 1. The molecule has 0 saturated heterocycles. The average molecular weight is 346 g/mol. The molecule has 0 aromatic heterocycles. The van der Waals surface area contributed by atoms with Crippen LogP contribution in [0.2, 0.25) is 0 Å². The Balaban J connectivity index is 1.53. The summed E-state index contributed by atoms with van der Waals surface area (Å²) in [5.41, 5.74) is 0.773. The van der Waals surface area contributed by atoms with E-state index >= 15 is 0 Å². The van der Waals surface area contributed by atoms with Gasteiger partial charge in [0.15, 0.2) is 11.5 Å². The molecular formula is C18H22N2O5. The number of hydrogen-bond donors (Lipinski definition) is 3. The zero-order valence-electron chi connectivity index (χ0n) is 13.9. The number of fused-ring (bicyclic) bond motifs is 1. The van der Waals surface area contributed by atoms with Crippen molar-refractivity contribution in [1.29, 1.82) is 0 Å². The predicted molar refractivity (Wildman–Crippen MR) is 91.0 cm³/mol. The van der Waals surface area contributed by atoms with Crippen molar-refractivity contribution >= 4 is 17.9 Å². The van der Waals surface area contributed by atoms with Crippen molar-refractivity contribution in [3.63, 3.8) is 0 Å². The van der Waals surface area contributed by atoms with Crippen molar-refractivity contribution < 1.29 is 24.2 Å². The van der Waals surface area contributed by atoms with Crippen LogP contribution in [0.3, 0.4) is 0 Å². The molecule has 0 radical (unpaired) electrons. The minimum atomic E-state index is -0.950. The Morgan fingerprint density at radius 2 is 2.00 bits per heavy atom. The molecule has 25 heavy (non-hydrogen) atoms. The SMILES string of the molecule is O=C(C=Cc1ccc2c(c1)OCO2)N[C@@H](CO)C(=O)NC1CCCC1. The normalized spacial score (nSPS) is 17.6. The van der Waals surface area contributed by atoms with Crippen LogP contribution in [0.4, 0.5) is 0 Å². The molecule has 7 nitrogen and oxygen atoms in total. The Labute approximate surface area is 146 Å². The first-order valence-corrected chi connectivity index (χ1v) is 8.45. The fourth-order valence-electron chi connectivity index (χ4n) is 2.97. The molecule has 0 bridgehead atoms. The van der Waals surface area contributed by atoms with Crippen molar-refractivity contribution in [2.24, 2.45) is 0 Å².